The molecule has 1 aromatic rings. The van der Waals surface area contributed by atoms with Crippen LogP contribution in [-0.4, -0.2) is 76.2 Å². The van der Waals surface area contributed by atoms with E-state index in [9.17, 15) is 4.79 Å². The molecule has 0 unspecified atom stereocenters. The fourth-order valence-electron chi connectivity index (χ4n) is 3.24. The highest BCUT2D eigenvalue weighted by Crippen LogP contribution is 2.27. The highest BCUT2D eigenvalue weighted by Gasteiger charge is 2.29. The van der Waals surface area contributed by atoms with E-state index in [1.165, 1.54) is 0 Å². The van der Waals surface area contributed by atoms with Crippen LogP contribution in [0.4, 0.5) is 0 Å². The minimum Gasteiger partial charge on any atom is -0.335 e. The van der Waals surface area contributed by atoms with Gasteiger partial charge in [0.25, 0.3) is 5.91 Å². The van der Waals surface area contributed by atoms with E-state index in [4.69, 9.17) is 11.6 Å². The average Bonchev–Trinajstić information content (AvgIpc) is 2.71. The molecule has 0 radical (unpaired) electrons. The second-order valence-electron chi connectivity index (χ2n) is 6.85. The molecule has 3 heterocycles. The number of fused-ring (bicyclic) bond motifs is 1. The van der Waals surface area contributed by atoms with Gasteiger partial charge in [-0.2, -0.15) is 5.10 Å². The highest BCUT2D eigenvalue weighted by atomic mass is 35.5. The minimum absolute atomic E-state index is 0.0280. The lowest BCUT2D eigenvalue weighted by atomic mass is 10.2. The molecule has 1 saturated heterocycles. The Labute approximate surface area is 143 Å². The Morgan fingerprint density at radius 2 is 1.83 bits per heavy atom. The maximum absolute atomic E-state index is 12.8. The van der Waals surface area contributed by atoms with E-state index < -0.39 is 0 Å². The number of hydrogen-bond donors (Lipinski definition) is 0. The van der Waals surface area contributed by atoms with Crippen LogP contribution in [0, 0.1) is 0 Å². The zero-order chi connectivity index (χ0) is 16.6. The van der Waals surface area contributed by atoms with E-state index in [2.05, 4.69) is 35.8 Å². The van der Waals surface area contributed by atoms with Crippen molar-refractivity contribution < 1.29 is 4.79 Å². The van der Waals surface area contributed by atoms with Crippen molar-refractivity contribution in [2.45, 2.75) is 39.4 Å². The van der Waals surface area contributed by atoms with Crippen LogP contribution in [0.15, 0.2) is 0 Å². The van der Waals surface area contributed by atoms with E-state index in [0.29, 0.717) is 16.8 Å². The second kappa shape index (κ2) is 6.79. The molecule has 23 heavy (non-hydrogen) atoms. The van der Waals surface area contributed by atoms with Crippen LogP contribution in [0.5, 0.6) is 0 Å². The van der Waals surface area contributed by atoms with Gasteiger partial charge in [0.2, 0.25) is 0 Å². The van der Waals surface area contributed by atoms with E-state index in [0.717, 1.165) is 57.9 Å². The zero-order valence-electron chi connectivity index (χ0n) is 14.3. The molecule has 1 aromatic heterocycles. The van der Waals surface area contributed by atoms with Crippen molar-refractivity contribution in [3.63, 3.8) is 0 Å². The quantitative estimate of drug-likeness (QED) is 0.820. The van der Waals surface area contributed by atoms with Gasteiger partial charge in [0.15, 0.2) is 5.69 Å². The predicted molar refractivity (Wildman–Crippen MR) is 90.8 cm³/mol. The first kappa shape index (κ1) is 16.7. The largest absolute Gasteiger partial charge is 0.335 e. The smallest absolute Gasteiger partial charge is 0.276 e. The molecule has 6 nitrogen and oxygen atoms in total. The van der Waals surface area contributed by atoms with Crippen molar-refractivity contribution in [3.05, 3.63) is 16.4 Å². The number of likely N-dealkylation sites (N-methyl/N-ethyl adjacent to an activating group) is 1. The number of nitrogens with zero attached hydrogens (tertiary/aromatic N) is 5. The van der Waals surface area contributed by atoms with Crippen molar-refractivity contribution in [3.8, 4) is 0 Å². The number of hydrogen-bond acceptors (Lipinski definition) is 4. The van der Waals surface area contributed by atoms with Crippen LogP contribution in [0.3, 0.4) is 0 Å². The fraction of sp³-hybridized carbons (Fsp3) is 0.750. The monoisotopic (exact) mass is 339 g/mol. The van der Waals surface area contributed by atoms with Crippen molar-refractivity contribution in [1.82, 2.24) is 24.5 Å². The van der Waals surface area contributed by atoms with Gasteiger partial charge in [0.1, 0.15) is 0 Å². The molecule has 3 rings (SSSR count). The first-order chi connectivity index (χ1) is 11.0. The molecule has 1 fully saturated rings. The average molecular weight is 340 g/mol. The van der Waals surface area contributed by atoms with Crippen LogP contribution in [-0.2, 0) is 13.1 Å². The predicted octanol–water partition coefficient (Wildman–Crippen LogP) is 1.54. The standard InChI is InChI=1S/C16H26ClN5O/c1-12(2)21-5-4-6-22-13(11-21)14(17)15(18-22)16(23)20-9-7-19(3)8-10-20/h12H,4-11H2,1-3H3. The molecule has 1 amide bonds. The van der Waals surface area contributed by atoms with Gasteiger partial charge in [0, 0.05) is 51.9 Å². The first-order valence-electron chi connectivity index (χ1n) is 8.44. The topological polar surface area (TPSA) is 44.6 Å². The van der Waals surface area contributed by atoms with Crippen LogP contribution >= 0.6 is 11.6 Å². The van der Waals surface area contributed by atoms with Gasteiger partial charge in [-0.15, -0.1) is 0 Å². The Balaban J connectivity index is 1.82. The number of halogens is 1. The van der Waals surface area contributed by atoms with Gasteiger partial charge in [-0.1, -0.05) is 11.6 Å². The molecule has 0 N–H and O–H groups in total. The summed E-state index contributed by atoms with van der Waals surface area (Å²) in [4.78, 5) is 19.3. The maximum atomic E-state index is 12.8. The number of rotatable bonds is 2. The Morgan fingerprint density at radius 1 is 1.13 bits per heavy atom. The van der Waals surface area contributed by atoms with Crippen LogP contribution < -0.4 is 0 Å². The minimum atomic E-state index is -0.0280. The molecule has 0 spiro atoms. The number of aryl methyl sites for hydroxylation is 1. The van der Waals surface area contributed by atoms with Crippen LogP contribution in [0.2, 0.25) is 5.02 Å². The summed E-state index contributed by atoms with van der Waals surface area (Å²) in [5.74, 6) is -0.0280. The normalized spacial score (nSPS) is 20.7. The molecule has 0 aliphatic carbocycles. The van der Waals surface area contributed by atoms with Gasteiger partial charge in [0.05, 0.1) is 10.7 Å². The molecule has 0 aromatic carbocycles. The Bertz CT molecular complexity index is 577. The Hall–Kier alpha value is -1.11. The zero-order valence-corrected chi connectivity index (χ0v) is 15.0. The first-order valence-corrected chi connectivity index (χ1v) is 8.82. The summed E-state index contributed by atoms with van der Waals surface area (Å²) in [7, 11) is 2.08. The van der Waals surface area contributed by atoms with Gasteiger partial charge in [-0.3, -0.25) is 14.4 Å². The molecule has 0 bridgehead atoms. The third-order valence-electron chi connectivity index (χ3n) is 4.89. The number of amides is 1. The lowest BCUT2D eigenvalue weighted by Crippen LogP contribution is -2.47. The van der Waals surface area contributed by atoms with Crippen molar-refractivity contribution in [2.75, 3.05) is 39.8 Å². The fourth-order valence-corrected chi connectivity index (χ4v) is 3.52. The van der Waals surface area contributed by atoms with E-state index in [1.807, 2.05) is 9.58 Å². The molecule has 0 atom stereocenters. The molecular weight excluding hydrogens is 314 g/mol. The summed E-state index contributed by atoms with van der Waals surface area (Å²) in [6.07, 6.45) is 1.03. The molecule has 2 aliphatic rings. The van der Waals surface area contributed by atoms with Crippen LogP contribution in [0.25, 0.3) is 0 Å². The van der Waals surface area contributed by atoms with Gasteiger partial charge < -0.3 is 9.80 Å². The number of aromatic nitrogens is 2. The van der Waals surface area contributed by atoms with Gasteiger partial charge in [-0.05, 0) is 27.3 Å². The second-order valence-corrected chi connectivity index (χ2v) is 7.22. The third-order valence-corrected chi connectivity index (χ3v) is 5.28. The SMILES string of the molecule is CC(C)N1CCCn2nc(C(=O)N3CCN(C)CC3)c(Cl)c2C1. The molecule has 0 saturated carbocycles. The van der Waals surface area contributed by atoms with Crippen molar-refractivity contribution in [1.29, 1.82) is 0 Å². The number of carbonyl (C=O) groups is 1. The van der Waals surface area contributed by atoms with Crippen LogP contribution in [0.1, 0.15) is 36.5 Å². The summed E-state index contributed by atoms with van der Waals surface area (Å²) >= 11 is 6.56. The number of carbonyl (C=O) groups excluding carboxylic acids is 1. The summed E-state index contributed by atoms with van der Waals surface area (Å²) < 4.78 is 1.94. The van der Waals surface area contributed by atoms with Crippen molar-refractivity contribution >= 4 is 17.5 Å². The highest BCUT2D eigenvalue weighted by molar-refractivity contribution is 6.34. The van der Waals surface area contributed by atoms with Crippen molar-refractivity contribution in [2.24, 2.45) is 0 Å². The van der Waals surface area contributed by atoms with Gasteiger partial charge >= 0.3 is 0 Å². The van der Waals surface area contributed by atoms with Gasteiger partial charge in [-0.25, -0.2) is 0 Å². The molecule has 7 heteroatoms. The van der Waals surface area contributed by atoms with E-state index in [1.54, 1.807) is 0 Å². The molecule has 128 valence electrons. The Morgan fingerprint density at radius 3 is 2.48 bits per heavy atom. The summed E-state index contributed by atoms with van der Waals surface area (Å²) in [6.45, 7) is 10.3. The summed E-state index contributed by atoms with van der Waals surface area (Å²) in [5.41, 5.74) is 1.41. The number of piperazine rings is 1. The maximum Gasteiger partial charge on any atom is 0.276 e. The lowest BCUT2D eigenvalue weighted by Gasteiger charge is -2.32. The molecule has 2 aliphatic heterocycles. The third kappa shape index (κ3) is 3.39. The van der Waals surface area contributed by atoms with E-state index >= 15 is 0 Å². The Kier molecular flexibility index (Phi) is 4.94. The van der Waals surface area contributed by atoms with E-state index in [-0.39, 0.29) is 5.91 Å². The molecular formula is C16H26ClN5O. The lowest BCUT2D eigenvalue weighted by molar-refractivity contribution is 0.0657. The summed E-state index contributed by atoms with van der Waals surface area (Å²) in [5, 5.41) is 5.09. The summed E-state index contributed by atoms with van der Waals surface area (Å²) in [6, 6.07) is 0.462.